The fourth-order valence-electron chi connectivity index (χ4n) is 0.690. The first-order valence-electron chi connectivity index (χ1n) is 3.07. The maximum atomic E-state index is 10.3. The molecule has 1 fully saturated rings. The van der Waals surface area contributed by atoms with E-state index in [2.05, 4.69) is 5.32 Å². The molecule has 0 unspecified atom stereocenters. The maximum absolute atomic E-state index is 10.3. The zero-order chi connectivity index (χ0) is 8.69. The van der Waals surface area contributed by atoms with Crippen molar-refractivity contribution in [3.63, 3.8) is 0 Å². The van der Waals surface area contributed by atoms with E-state index in [1.165, 1.54) is 0 Å². The molecule has 0 spiro atoms. The summed E-state index contributed by atoms with van der Waals surface area (Å²) in [4.78, 5) is 29.0. The van der Waals surface area contributed by atoms with Crippen molar-refractivity contribution in [2.45, 2.75) is 19.3 Å². The van der Waals surface area contributed by atoms with Crippen molar-refractivity contribution in [3.8, 4) is 0 Å². The minimum atomic E-state index is -0.138. The number of hydrogen-bond acceptors (Lipinski definition) is 4. The first kappa shape index (κ1) is 9.52. The van der Waals surface area contributed by atoms with Gasteiger partial charge in [0.1, 0.15) is 0 Å². The normalized spacial score (nSPS) is 15.6. The number of carbonyl (C=O) groups is 2. The molecule has 60 valence electrons. The van der Waals surface area contributed by atoms with Crippen LogP contribution in [0.2, 0.25) is 0 Å². The standard InChI is InChI=1S/C5H7NO2.CHNO/c7-4-2-1-3-5(8)6-4;2-1-3/h1-3H2,(H,6,7,8);2H. The topological polar surface area (TPSA) is 87.1 Å². The lowest BCUT2D eigenvalue weighted by atomic mass is 10.1. The van der Waals surface area contributed by atoms with Gasteiger partial charge in [0.2, 0.25) is 17.9 Å². The summed E-state index contributed by atoms with van der Waals surface area (Å²) in [5, 5.41) is 7.60. The minimum absolute atomic E-state index is 0.138. The molecule has 0 saturated carbocycles. The maximum Gasteiger partial charge on any atom is 0.231 e. The van der Waals surface area contributed by atoms with Crippen LogP contribution in [0.15, 0.2) is 0 Å². The molecule has 1 aliphatic heterocycles. The van der Waals surface area contributed by atoms with Crippen LogP contribution in [0, 0.1) is 5.41 Å². The van der Waals surface area contributed by atoms with Gasteiger partial charge in [-0.05, 0) is 6.42 Å². The lowest BCUT2D eigenvalue weighted by Gasteiger charge is -2.07. The molecule has 2 amide bonds. The molecule has 0 aromatic rings. The van der Waals surface area contributed by atoms with E-state index in [-0.39, 0.29) is 11.8 Å². The molecule has 0 aliphatic carbocycles. The molecule has 5 heteroatoms. The van der Waals surface area contributed by atoms with E-state index >= 15 is 0 Å². The molecule has 1 rings (SSSR count). The summed E-state index contributed by atoms with van der Waals surface area (Å²) in [6, 6.07) is 0. The second kappa shape index (κ2) is 5.32. The van der Waals surface area contributed by atoms with Crippen LogP contribution in [0.25, 0.3) is 0 Å². The minimum Gasteiger partial charge on any atom is -0.296 e. The van der Waals surface area contributed by atoms with Gasteiger partial charge in [-0.2, -0.15) is 0 Å². The number of amides is 2. The van der Waals surface area contributed by atoms with Gasteiger partial charge in [0.25, 0.3) is 0 Å². The Labute approximate surface area is 63.3 Å². The average molecular weight is 156 g/mol. The quantitative estimate of drug-likeness (QED) is 0.287. The van der Waals surface area contributed by atoms with E-state index in [9.17, 15) is 9.59 Å². The number of piperidine rings is 1. The third-order valence-corrected chi connectivity index (χ3v) is 1.09. The number of rotatable bonds is 0. The van der Waals surface area contributed by atoms with Gasteiger partial charge in [-0.15, -0.1) is 0 Å². The van der Waals surface area contributed by atoms with Gasteiger partial charge in [0, 0.05) is 12.8 Å². The molecule has 0 bridgehead atoms. The number of carbonyl (C=O) groups excluding carboxylic acids is 3. The Morgan fingerprint density at radius 1 is 1.27 bits per heavy atom. The van der Waals surface area contributed by atoms with E-state index in [1.807, 2.05) is 0 Å². The fraction of sp³-hybridized carbons (Fsp3) is 0.500. The van der Waals surface area contributed by atoms with Crippen molar-refractivity contribution in [2.75, 3.05) is 0 Å². The molecular weight excluding hydrogens is 148 g/mol. The van der Waals surface area contributed by atoms with Crippen LogP contribution in [-0.4, -0.2) is 17.9 Å². The third kappa shape index (κ3) is 4.99. The number of hydrogen-bond donors (Lipinski definition) is 2. The van der Waals surface area contributed by atoms with Crippen molar-refractivity contribution in [2.24, 2.45) is 0 Å². The molecule has 0 radical (unpaired) electrons. The van der Waals surface area contributed by atoms with Crippen LogP contribution in [-0.2, 0) is 14.4 Å². The zero-order valence-corrected chi connectivity index (χ0v) is 5.85. The molecule has 0 aromatic heterocycles. The average Bonchev–Trinajstić information content (AvgIpc) is 1.88. The summed E-state index contributed by atoms with van der Waals surface area (Å²) < 4.78 is 0. The van der Waals surface area contributed by atoms with E-state index in [4.69, 9.17) is 10.2 Å². The summed E-state index contributed by atoms with van der Waals surface area (Å²) in [6.07, 6.45) is 2.47. The monoisotopic (exact) mass is 156 g/mol. The van der Waals surface area contributed by atoms with Crippen molar-refractivity contribution in [1.82, 2.24) is 5.32 Å². The SMILES string of the molecule is N=C=O.O=C1CCCC(=O)N1. The highest BCUT2D eigenvalue weighted by Gasteiger charge is 2.12. The fourth-order valence-corrected chi connectivity index (χ4v) is 0.690. The first-order chi connectivity index (χ1) is 5.20. The number of nitrogens with one attached hydrogen (secondary N) is 2. The summed E-state index contributed by atoms with van der Waals surface area (Å²) >= 11 is 0. The van der Waals surface area contributed by atoms with Crippen LogP contribution in [0.3, 0.4) is 0 Å². The second-order valence-electron chi connectivity index (χ2n) is 1.93. The lowest BCUT2D eigenvalue weighted by molar-refractivity contribution is -0.132. The zero-order valence-electron chi connectivity index (χ0n) is 5.85. The molecule has 0 atom stereocenters. The Morgan fingerprint density at radius 2 is 1.64 bits per heavy atom. The van der Waals surface area contributed by atoms with Gasteiger partial charge < -0.3 is 0 Å². The van der Waals surface area contributed by atoms with Crippen molar-refractivity contribution in [3.05, 3.63) is 0 Å². The largest absolute Gasteiger partial charge is 0.296 e. The van der Waals surface area contributed by atoms with Crippen LogP contribution in [0.5, 0.6) is 0 Å². The third-order valence-electron chi connectivity index (χ3n) is 1.09. The lowest BCUT2D eigenvalue weighted by Crippen LogP contribution is -2.33. The Hall–Kier alpha value is -1.48. The van der Waals surface area contributed by atoms with E-state index in [1.54, 1.807) is 0 Å². The van der Waals surface area contributed by atoms with Crippen LogP contribution >= 0.6 is 0 Å². The molecule has 1 saturated heterocycles. The Kier molecular flexibility index (Phi) is 4.60. The van der Waals surface area contributed by atoms with E-state index < -0.39 is 0 Å². The summed E-state index contributed by atoms with van der Waals surface area (Å²) in [5.41, 5.74) is 0. The van der Waals surface area contributed by atoms with Gasteiger partial charge in [0.15, 0.2) is 0 Å². The molecule has 1 heterocycles. The Morgan fingerprint density at radius 3 is 1.82 bits per heavy atom. The van der Waals surface area contributed by atoms with Gasteiger partial charge in [-0.3, -0.25) is 14.9 Å². The van der Waals surface area contributed by atoms with Gasteiger partial charge in [-0.25, -0.2) is 10.2 Å². The highest BCUT2D eigenvalue weighted by atomic mass is 16.2. The van der Waals surface area contributed by atoms with Crippen molar-refractivity contribution >= 4 is 17.9 Å². The Balaban J connectivity index is 0.000000292. The van der Waals surface area contributed by atoms with E-state index in [0.717, 1.165) is 6.08 Å². The van der Waals surface area contributed by atoms with Crippen LogP contribution in [0.1, 0.15) is 19.3 Å². The van der Waals surface area contributed by atoms with Crippen LogP contribution < -0.4 is 5.32 Å². The highest BCUT2D eigenvalue weighted by Crippen LogP contribution is 2.00. The predicted molar refractivity (Wildman–Crippen MR) is 35.4 cm³/mol. The molecular formula is C6H8N2O3. The van der Waals surface area contributed by atoms with Gasteiger partial charge >= 0.3 is 0 Å². The molecule has 5 nitrogen and oxygen atoms in total. The summed E-state index contributed by atoms with van der Waals surface area (Å²) in [5.74, 6) is -0.275. The first-order valence-corrected chi connectivity index (χ1v) is 3.07. The van der Waals surface area contributed by atoms with Crippen molar-refractivity contribution < 1.29 is 14.4 Å². The highest BCUT2D eigenvalue weighted by molar-refractivity contribution is 5.97. The molecule has 1 aliphatic rings. The van der Waals surface area contributed by atoms with Crippen LogP contribution in [0.4, 0.5) is 0 Å². The molecule has 2 N–H and O–H groups in total. The summed E-state index contributed by atoms with van der Waals surface area (Å²) in [6.45, 7) is 0. The molecule has 11 heavy (non-hydrogen) atoms. The summed E-state index contributed by atoms with van der Waals surface area (Å²) in [7, 11) is 0. The predicted octanol–water partition coefficient (Wildman–Crippen LogP) is -0.286. The van der Waals surface area contributed by atoms with Crippen molar-refractivity contribution in [1.29, 1.82) is 5.41 Å². The smallest absolute Gasteiger partial charge is 0.231 e. The van der Waals surface area contributed by atoms with Gasteiger partial charge in [-0.1, -0.05) is 0 Å². The number of imide groups is 1. The van der Waals surface area contributed by atoms with E-state index in [0.29, 0.717) is 19.3 Å². The Bertz CT molecular complexity index is 180. The molecule has 0 aromatic carbocycles. The second-order valence-corrected chi connectivity index (χ2v) is 1.93. The van der Waals surface area contributed by atoms with Gasteiger partial charge in [0.05, 0.1) is 0 Å². The number of isocyanates is 1.